The van der Waals surface area contributed by atoms with E-state index in [9.17, 15) is 43.5 Å². The maximum Gasteiger partial charge on any atom is 0.415 e. The number of carboxylic acids is 1. The van der Waals surface area contributed by atoms with Crippen molar-refractivity contribution in [3.05, 3.63) is 108 Å². The van der Waals surface area contributed by atoms with Crippen molar-refractivity contribution in [2.75, 3.05) is 67.7 Å². The second-order valence-electron chi connectivity index (χ2n) is 17.3. The van der Waals surface area contributed by atoms with Crippen molar-refractivity contribution in [3.63, 3.8) is 0 Å². The number of aromatic nitrogens is 1. The van der Waals surface area contributed by atoms with Gasteiger partial charge in [0.15, 0.2) is 0 Å². The average molecular weight is 959 g/mol. The minimum Gasteiger partial charge on any atom is -0.481 e. The zero-order valence-corrected chi connectivity index (χ0v) is 38.6. The fraction of sp³-hybridized carbons (Fsp3) is 0.320. The monoisotopic (exact) mass is 958 g/mol. The van der Waals surface area contributed by atoms with Crippen LogP contribution < -0.4 is 25.6 Å². The number of piperazine rings is 1. The molecule has 0 unspecified atom stereocenters. The number of aromatic amines is 1. The smallest absolute Gasteiger partial charge is 0.415 e. The molecule has 1 saturated heterocycles. The summed E-state index contributed by atoms with van der Waals surface area (Å²) in [7, 11) is 2.01. The summed E-state index contributed by atoms with van der Waals surface area (Å²) in [6.07, 6.45) is 2.97. The highest BCUT2D eigenvalue weighted by Gasteiger charge is 2.36. The van der Waals surface area contributed by atoms with Crippen LogP contribution in [0.25, 0.3) is 21.7 Å². The van der Waals surface area contributed by atoms with E-state index in [1.165, 1.54) is 36.4 Å². The molecule has 8 rings (SSSR count). The summed E-state index contributed by atoms with van der Waals surface area (Å²) in [4.78, 5) is 112. The van der Waals surface area contributed by atoms with Crippen molar-refractivity contribution >= 4 is 97.8 Å². The van der Waals surface area contributed by atoms with Crippen LogP contribution in [0.1, 0.15) is 70.9 Å². The van der Waals surface area contributed by atoms with Gasteiger partial charge in [-0.25, -0.2) is 4.79 Å². The van der Waals surface area contributed by atoms with Crippen molar-refractivity contribution in [1.82, 2.24) is 25.0 Å². The van der Waals surface area contributed by atoms with E-state index in [4.69, 9.17) is 16.3 Å². The highest BCUT2D eigenvalue weighted by atomic mass is 35.5. The van der Waals surface area contributed by atoms with Crippen LogP contribution in [0.4, 0.5) is 21.9 Å². The molecule has 5 N–H and O–H groups in total. The normalized spacial score (nSPS) is 16.2. The molecule has 4 aromatic carbocycles. The minimum absolute atomic E-state index is 0.0532. The quantitative estimate of drug-likeness (QED) is 0.0408. The van der Waals surface area contributed by atoms with E-state index >= 15 is 0 Å². The highest BCUT2D eigenvalue weighted by molar-refractivity contribution is 6.19. The molecule has 19 heteroatoms. The number of likely N-dealkylation sites (N-methyl/N-ethyl adjacent to an activating group) is 1. The molecule has 0 saturated carbocycles. The third kappa shape index (κ3) is 11.1. The lowest BCUT2D eigenvalue weighted by atomic mass is 9.95. The molecule has 1 aromatic heterocycles. The van der Waals surface area contributed by atoms with Crippen LogP contribution in [-0.2, 0) is 24.0 Å². The zero-order chi connectivity index (χ0) is 48.8. The van der Waals surface area contributed by atoms with E-state index in [0.29, 0.717) is 78.3 Å². The van der Waals surface area contributed by atoms with Gasteiger partial charge < -0.3 is 45.5 Å². The van der Waals surface area contributed by atoms with E-state index in [-0.39, 0.29) is 60.9 Å². The van der Waals surface area contributed by atoms with Crippen LogP contribution in [0.15, 0.2) is 91.0 Å². The first kappa shape index (κ1) is 47.9. The van der Waals surface area contributed by atoms with Crippen LogP contribution in [0.5, 0.6) is 5.75 Å². The molecule has 0 radical (unpaired) electrons. The average Bonchev–Trinajstić information content (AvgIpc) is 4.04. The Hall–Kier alpha value is -7.57. The second-order valence-corrected chi connectivity index (χ2v) is 17.6. The van der Waals surface area contributed by atoms with Gasteiger partial charge in [-0.2, -0.15) is 0 Å². The number of alkyl halides is 1. The summed E-state index contributed by atoms with van der Waals surface area (Å²) in [6.45, 7) is 3.11. The first-order valence-corrected chi connectivity index (χ1v) is 23.3. The SMILES string of the molecule is CN1CCN(C(=O)Oc2cc3c(c4ccccc24)[C@H](CCl)CN3C(=O)c2cc3cc(NC(=O)c4ccc(NC(=O)[C@H](CCC(=O)O)NC(=O)CCCCCN5C(=O)C=CC5=O)cc4)ccc3[nH]2)CC1. The summed E-state index contributed by atoms with van der Waals surface area (Å²) in [6, 6.07) is 21.2. The largest absolute Gasteiger partial charge is 0.481 e. The fourth-order valence-corrected chi connectivity index (χ4v) is 9.01. The third-order valence-electron chi connectivity index (χ3n) is 12.5. The number of aliphatic carboxylic acids is 1. The lowest BCUT2D eigenvalue weighted by molar-refractivity contribution is -0.138. The molecule has 3 aliphatic heterocycles. The molecule has 7 amide bonds. The summed E-state index contributed by atoms with van der Waals surface area (Å²) >= 11 is 6.53. The zero-order valence-electron chi connectivity index (χ0n) is 37.8. The van der Waals surface area contributed by atoms with Gasteiger partial charge in [-0.1, -0.05) is 30.7 Å². The number of carbonyl (C=O) groups excluding carboxylic acids is 7. The molecule has 0 aliphatic carbocycles. The van der Waals surface area contributed by atoms with Crippen molar-refractivity contribution in [2.45, 2.75) is 50.5 Å². The molecule has 69 heavy (non-hydrogen) atoms. The number of ether oxygens (including phenoxy) is 1. The van der Waals surface area contributed by atoms with Crippen LogP contribution in [0.2, 0.25) is 0 Å². The van der Waals surface area contributed by atoms with Crippen molar-refractivity contribution in [1.29, 1.82) is 0 Å². The van der Waals surface area contributed by atoms with Crippen LogP contribution in [-0.4, -0.2) is 131 Å². The van der Waals surface area contributed by atoms with Crippen molar-refractivity contribution in [2.24, 2.45) is 0 Å². The molecule has 4 heterocycles. The van der Waals surface area contributed by atoms with Gasteiger partial charge in [0.1, 0.15) is 17.5 Å². The minimum atomic E-state index is -1.15. The third-order valence-corrected chi connectivity index (χ3v) is 12.9. The number of carboxylic acid groups (broad SMARTS) is 1. The van der Waals surface area contributed by atoms with E-state index in [2.05, 4.69) is 25.8 Å². The number of hydrogen-bond donors (Lipinski definition) is 5. The number of imide groups is 1. The summed E-state index contributed by atoms with van der Waals surface area (Å²) in [5, 5.41) is 19.7. The number of halogens is 1. The lowest BCUT2D eigenvalue weighted by Gasteiger charge is -2.31. The predicted octanol–water partition coefficient (Wildman–Crippen LogP) is 6.08. The Labute approximate surface area is 401 Å². The molecule has 2 atom stereocenters. The number of unbranched alkanes of at least 4 members (excludes halogenated alkanes) is 2. The molecule has 0 spiro atoms. The Bertz CT molecular complexity index is 2860. The van der Waals surface area contributed by atoms with Gasteiger partial charge in [0.05, 0.1) is 5.69 Å². The predicted molar refractivity (Wildman–Crippen MR) is 259 cm³/mol. The Balaban J connectivity index is 0.888. The summed E-state index contributed by atoms with van der Waals surface area (Å²) in [5.41, 5.74) is 3.52. The number of anilines is 3. The Kier molecular flexibility index (Phi) is 14.7. The number of amides is 7. The van der Waals surface area contributed by atoms with Crippen LogP contribution >= 0.6 is 11.6 Å². The number of carbonyl (C=O) groups is 8. The lowest BCUT2D eigenvalue weighted by Crippen LogP contribution is -2.48. The highest BCUT2D eigenvalue weighted by Crippen LogP contribution is 2.46. The second kappa shape index (κ2) is 21.2. The maximum absolute atomic E-state index is 14.4. The van der Waals surface area contributed by atoms with E-state index in [1.54, 1.807) is 40.1 Å². The Morgan fingerprint density at radius 2 is 1.54 bits per heavy atom. The molecule has 358 valence electrons. The van der Waals surface area contributed by atoms with Gasteiger partial charge in [-0.3, -0.25) is 38.5 Å². The topological polar surface area (TPSA) is 231 Å². The van der Waals surface area contributed by atoms with Gasteiger partial charge in [0.25, 0.3) is 23.6 Å². The number of H-pyrrole nitrogens is 1. The van der Waals surface area contributed by atoms with Crippen LogP contribution in [0.3, 0.4) is 0 Å². The first-order valence-electron chi connectivity index (χ1n) is 22.7. The van der Waals surface area contributed by atoms with E-state index < -0.39 is 35.8 Å². The maximum atomic E-state index is 14.4. The van der Waals surface area contributed by atoms with Crippen molar-refractivity contribution < 1.29 is 48.2 Å². The number of fused-ring (bicyclic) bond motifs is 4. The molecule has 0 bridgehead atoms. The Morgan fingerprint density at radius 3 is 2.25 bits per heavy atom. The van der Waals surface area contributed by atoms with Gasteiger partial charge >= 0.3 is 12.1 Å². The van der Waals surface area contributed by atoms with Crippen molar-refractivity contribution in [3.8, 4) is 5.75 Å². The molecular formula is C50H51ClN8O10. The van der Waals surface area contributed by atoms with Crippen LogP contribution in [0, 0.1) is 0 Å². The van der Waals surface area contributed by atoms with Gasteiger partial charge in [-0.15, -0.1) is 11.6 Å². The number of rotatable bonds is 17. The molecular weight excluding hydrogens is 908 g/mol. The number of nitrogens with zero attached hydrogens (tertiary/aromatic N) is 4. The number of hydrogen-bond acceptors (Lipinski definition) is 10. The van der Waals surface area contributed by atoms with E-state index in [1.807, 2.05) is 31.3 Å². The summed E-state index contributed by atoms with van der Waals surface area (Å²) in [5.74, 6) is -3.28. The van der Waals surface area contributed by atoms with Gasteiger partial charge in [0.2, 0.25) is 11.8 Å². The number of benzene rings is 4. The standard InChI is InChI=1S/C50H51ClN8O10/c1-56-21-23-57(24-22-56)50(68)69-41-27-40-46(36-8-5-4-7-35(36)41)32(28-51)29-59(40)49(67)39-26-31-25-34(14-15-37(31)54-39)53-47(65)30-10-12-33(13-11-30)52-48(66)38(16-19-45(63)64)55-42(60)9-3-2-6-20-58-43(61)17-18-44(58)62/h4-5,7-8,10-15,17-18,25-27,32,38,54H,2-3,6,9,16,19-24,28-29H2,1H3,(H,52,66)(H,53,65)(H,55,60)(H,63,64)/t32-,38+/m1/s1. The van der Waals surface area contributed by atoms with E-state index in [0.717, 1.165) is 34.3 Å². The molecule has 18 nitrogen and oxygen atoms in total. The molecule has 1 fully saturated rings. The van der Waals surface area contributed by atoms with Gasteiger partial charge in [0, 0.05) is 115 Å². The van der Waals surface area contributed by atoms with Gasteiger partial charge in [-0.05, 0) is 85.8 Å². The number of nitrogens with one attached hydrogen (secondary N) is 4. The first-order chi connectivity index (χ1) is 33.3. The Morgan fingerprint density at radius 1 is 0.826 bits per heavy atom. The molecule has 3 aliphatic rings. The summed E-state index contributed by atoms with van der Waals surface area (Å²) < 4.78 is 6.04. The fourth-order valence-electron chi connectivity index (χ4n) is 8.76. The molecule has 5 aromatic rings.